The maximum absolute atomic E-state index is 12.1. The molecule has 1 aromatic carbocycles. The van der Waals surface area contributed by atoms with Gasteiger partial charge in [0.25, 0.3) is 5.91 Å². The number of carboxylic acid groups (broad SMARTS) is 1. The molecule has 1 aromatic rings. The monoisotopic (exact) mass is 297 g/mol. The summed E-state index contributed by atoms with van der Waals surface area (Å²) in [7, 11) is -1.20. The predicted octanol–water partition coefficient (Wildman–Crippen LogP) is 1.65. The largest absolute Gasteiger partial charge is 0.481 e. The van der Waals surface area contributed by atoms with Crippen LogP contribution in [0.25, 0.3) is 0 Å². The molecule has 0 aromatic heterocycles. The van der Waals surface area contributed by atoms with Crippen LogP contribution in [0.3, 0.4) is 0 Å². The number of hydrogen-bond acceptors (Lipinski definition) is 3. The van der Waals surface area contributed by atoms with Crippen molar-refractivity contribution in [3.8, 4) is 0 Å². The minimum absolute atomic E-state index is 0.00280. The highest BCUT2D eigenvalue weighted by Gasteiger charge is 2.15. The number of amides is 1. The smallest absolute Gasteiger partial charge is 0.303 e. The molecule has 0 heterocycles. The summed E-state index contributed by atoms with van der Waals surface area (Å²) in [5.74, 6) is -0.918. The third-order valence-electron chi connectivity index (χ3n) is 2.77. The molecule has 2 N–H and O–H groups in total. The van der Waals surface area contributed by atoms with Crippen molar-refractivity contribution in [2.45, 2.75) is 25.2 Å². The summed E-state index contributed by atoms with van der Waals surface area (Å²) in [4.78, 5) is 23.1. The van der Waals surface area contributed by atoms with Gasteiger partial charge in [-0.2, -0.15) is 0 Å². The number of aliphatic carboxylic acids is 1. The first-order valence-corrected chi connectivity index (χ1v) is 7.75. The average Bonchev–Trinajstić information content (AvgIpc) is 2.43. The van der Waals surface area contributed by atoms with Gasteiger partial charge in [-0.1, -0.05) is 26.0 Å². The Morgan fingerprint density at radius 3 is 2.60 bits per heavy atom. The molecular weight excluding hydrogens is 278 g/mol. The molecule has 0 saturated heterocycles. The standard InChI is InChI=1S/C14H19NO4S/c1-3-20(19)12-7-5-4-6-11(12)14(18)15-9-10(2)8-13(16)17/h4-7,10H,3,8-9H2,1-2H3,(H,15,18)(H,16,17). The molecule has 0 aliphatic rings. The second-order valence-corrected chi connectivity index (χ2v) is 6.25. The van der Waals surface area contributed by atoms with Crippen LogP contribution in [0, 0.1) is 5.92 Å². The predicted molar refractivity (Wildman–Crippen MR) is 77.1 cm³/mol. The van der Waals surface area contributed by atoms with Gasteiger partial charge in [0.15, 0.2) is 0 Å². The number of benzene rings is 1. The topological polar surface area (TPSA) is 83.5 Å². The lowest BCUT2D eigenvalue weighted by Gasteiger charge is -2.12. The molecule has 0 fully saturated rings. The Morgan fingerprint density at radius 1 is 1.35 bits per heavy atom. The van der Waals surface area contributed by atoms with Gasteiger partial charge < -0.3 is 10.4 Å². The van der Waals surface area contributed by atoms with Crippen molar-refractivity contribution in [2.75, 3.05) is 12.3 Å². The van der Waals surface area contributed by atoms with Crippen molar-refractivity contribution >= 4 is 22.7 Å². The summed E-state index contributed by atoms with van der Waals surface area (Å²) < 4.78 is 11.9. The molecular formula is C14H19NO4S. The summed E-state index contributed by atoms with van der Waals surface area (Å²) in [6.45, 7) is 3.82. The number of carbonyl (C=O) groups excluding carboxylic acids is 1. The van der Waals surface area contributed by atoms with Gasteiger partial charge in [-0.3, -0.25) is 13.8 Å². The van der Waals surface area contributed by atoms with E-state index in [1.807, 2.05) is 0 Å². The second kappa shape index (κ2) is 7.79. The zero-order valence-corrected chi connectivity index (χ0v) is 12.4. The van der Waals surface area contributed by atoms with Crippen molar-refractivity contribution in [3.05, 3.63) is 29.8 Å². The number of rotatable bonds is 7. The Kier molecular flexibility index (Phi) is 6.38. The maximum Gasteiger partial charge on any atom is 0.303 e. The van der Waals surface area contributed by atoms with Gasteiger partial charge >= 0.3 is 5.97 Å². The van der Waals surface area contributed by atoms with E-state index in [1.165, 1.54) is 0 Å². The van der Waals surface area contributed by atoms with Crippen LogP contribution in [0.5, 0.6) is 0 Å². The van der Waals surface area contributed by atoms with E-state index in [4.69, 9.17) is 5.11 Å². The first-order valence-electron chi connectivity index (χ1n) is 6.43. The fourth-order valence-corrected chi connectivity index (χ4v) is 2.69. The quantitative estimate of drug-likeness (QED) is 0.801. The molecule has 0 aliphatic heterocycles. The lowest BCUT2D eigenvalue weighted by Crippen LogP contribution is -2.30. The van der Waals surface area contributed by atoms with Crippen LogP contribution in [0.15, 0.2) is 29.2 Å². The first kappa shape index (κ1) is 16.4. The van der Waals surface area contributed by atoms with E-state index in [-0.39, 0.29) is 24.8 Å². The molecule has 0 aliphatic carbocycles. The summed E-state index contributed by atoms with van der Waals surface area (Å²) in [6.07, 6.45) is 0.00280. The van der Waals surface area contributed by atoms with E-state index in [0.717, 1.165) is 0 Å². The molecule has 5 nitrogen and oxygen atoms in total. The van der Waals surface area contributed by atoms with Crippen LogP contribution in [0.4, 0.5) is 0 Å². The molecule has 1 rings (SSSR count). The fourth-order valence-electron chi connectivity index (χ4n) is 1.74. The molecule has 0 radical (unpaired) electrons. The van der Waals surface area contributed by atoms with Crippen molar-refractivity contribution in [3.63, 3.8) is 0 Å². The number of carboxylic acids is 1. The Hall–Kier alpha value is -1.69. The van der Waals surface area contributed by atoms with E-state index >= 15 is 0 Å². The summed E-state index contributed by atoms with van der Waals surface area (Å²) in [5, 5.41) is 11.3. The molecule has 6 heteroatoms. The van der Waals surface area contributed by atoms with E-state index < -0.39 is 16.8 Å². The number of carbonyl (C=O) groups is 2. The molecule has 110 valence electrons. The van der Waals surface area contributed by atoms with Crippen molar-refractivity contribution in [1.82, 2.24) is 5.32 Å². The number of hydrogen-bond donors (Lipinski definition) is 2. The van der Waals surface area contributed by atoms with Crippen LogP contribution in [0.2, 0.25) is 0 Å². The van der Waals surface area contributed by atoms with Crippen LogP contribution < -0.4 is 5.32 Å². The van der Waals surface area contributed by atoms with Gasteiger partial charge in [0.2, 0.25) is 0 Å². The zero-order valence-electron chi connectivity index (χ0n) is 11.6. The van der Waals surface area contributed by atoms with Gasteiger partial charge in [-0.25, -0.2) is 0 Å². The van der Waals surface area contributed by atoms with E-state index in [9.17, 15) is 13.8 Å². The summed E-state index contributed by atoms with van der Waals surface area (Å²) >= 11 is 0. The molecule has 0 bridgehead atoms. The fraction of sp³-hybridized carbons (Fsp3) is 0.429. The minimum atomic E-state index is -1.20. The third kappa shape index (κ3) is 4.77. The zero-order chi connectivity index (χ0) is 15.1. The van der Waals surface area contributed by atoms with Gasteiger partial charge in [0.1, 0.15) is 0 Å². The van der Waals surface area contributed by atoms with Gasteiger partial charge in [-0.15, -0.1) is 0 Å². The molecule has 2 atom stereocenters. The van der Waals surface area contributed by atoms with Crippen LogP contribution >= 0.6 is 0 Å². The number of nitrogens with one attached hydrogen (secondary N) is 1. The summed E-state index contributed by atoms with van der Waals surface area (Å²) in [5.41, 5.74) is 0.384. The van der Waals surface area contributed by atoms with Crippen molar-refractivity contribution < 1.29 is 18.9 Å². The molecule has 0 spiro atoms. The Morgan fingerprint density at radius 2 is 2.00 bits per heavy atom. The van der Waals surface area contributed by atoms with Crippen LogP contribution in [0.1, 0.15) is 30.6 Å². The molecule has 0 saturated carbocycles. The Bertz CT molecular complexity index is 516. The normalized spacial score (nSPS) is 13.5. The van der Waals surface area contributed by atoms with Crippen molar-refractivity contribution in [2.24, 2.45) is 5.92 Å². The minimum Gasteiger partial charge on any atom is -0.481 e. The van der Waals surface area contributed by atoms with Crippen molar-refractivity contribution in [1.29, 1.82) is 0 Å². The highest BCUT2D eigenvalue weighted by atomic mass is 32.2. The maximum atomic E-state index is 12.1. The highest BCUT2D eigenvalue weighted by molar-refractivity contribution is 7.85. The van der Waals surface area contributed by atoms with E-state index in [0.29, 0.717) is 16.2 Å². The average molecular weight is 297 g/mol. The lowest BCUT2D eigenvalue weighted by molar-refractivity contribution is -0.137. The third-order valence-corrected chi connectivity index (χ3v) is 4.14. The molecule has 2 unspecified atom stereocenters. The van der Waals surface area contributed by atoms with E-state index in [1.54, 1.807) is 38.1 Å². The lowest BCUT2D eigenvalue weighted by atomic mass is 10.1. The Labute approximate surface area is 120 Å². The summed E-state index contributed by atoms with van der Waals surface area (Å²) in [6, 6.07) is 6.76. The second-order valence-electron chi connectivity index (χ2n) is 4.54. The van der Waals surface area contributed by atoms with Gasteiger partial charge in [-0.05, 0) is 18.1 Å². The van der Waals surface area contributed by atoms with Crippen LogP contribution in [-0.4, -0.2) is 33.5 Å². The molecule has 20 heavy (non-hydrogen) atoms. The van der Waals surface area contributed by atoms with Crippen LogP contribution in [-0.2, 0) is 15.6 Å². The van der Waals surface area contributed by atoms with E-state index in [2.05, 4.69) is 5.32 Å². The Balaban J connectivity index is 2.73. The van der Waals surface area contributed by atoms with Gasteiger partial charge in [0, 0.05) is 18.7 Å². The highest BCUT2D eigenvalue weighted by Crippen LogP contribution is 2.14. The molecule has 1 amide bonds. The SMILES string of the molecule is CCS(=O)c1ccccc1C(=O)NCC(C)CC(=O)O. The van der Waals surface area contributed by atoms with Gasteiger partial charge in [0.05, 0.1) is 21.3 Å². The first-order chi connectivity index (χ1) is 9.45.